The van der Waals surface area contributed by atoms with Crippen molar-refractivity contribution in [2.24, 2.45) is 5.84 Å². The van der Waals surface area contributed by atoms with Gasteiger partial charge in [0.15, 0.2) is 5.01 Å². The fourth-order valence-corrected chi connectivity index (χ4v) is 2.45. The molecule has 0 radical (unpaired) electrons. The Kier molecular flexibility index (Phi) is 6.93. The lowest BCUT2D eigenvalue weighted by atomic mass is 10.3. The van der Waals surface area contributed by atoms with Crippen molar-refractivity contribution in [3.05, 3.63) is 16.1 Å². The molecule has 1 heterocycles. The third-order valence-corrected chi connectivity index (χ3v) is 3.68. The lowest BCUT2D eigenvalue weighted by molar-refractivity contribution is 0.0953. The number of amides is 1. The molecule has 19 heavy (non-hydrogen) atoms. The molecule has 7 heteroatoms. The lowest BCUT2D eigenvalue weighted by Gasteiger charge is -2.20. The first kappa shape index (κ1) is 16.0. The number of carbonyl (C=O) groups is 1. The quantitative estimate of drug-likeness (QED) is 0.414. The van der Waals surface area contributed by atoms with Crippen LogP contribution in [0.25, 0.3) is 0 Å². The second-order valence-corrected chi connectivity index (χ2v) is 5.50. The van der Waals surface area contributed by atoms with Crippen LogP contribution in [0.3, 0.4) is 0 Å². The van der Waals surface area contributed by atoms with E-state index in [1.165, 1.54) is 11.3 Å². The number of thiazole rings is 1. The minimum Gasteiger partial charge on any atom is -0.309 e. The van der Waals surface area contributed by atoms with Crippen LogP contribution < -0.4 is 11.3 Å². The zero-order valence-electron chi connectivity index (χ0n) is 11.8. The largest absolute Gasteiger partial charge is 0.309 e. The molecule has 0 fully saturated rings. The van der Waals surface area contributed by atoms with Gasteiger partial charge in [-0.2, -0.15) is 0 Å². The first-order chi connectivity index (χ1) is 9.06. The third kappa shape index (κ3) is 5.65. The molecule has 6 nitrogen and oxygen atoms in total. The summed E-state index contributed by atoms with van der Waals surface area (Å²) < 4.78 is 0. The van der Waals surface area contributed by atoms with Crippen LogP contribution in [0.5, 0.6) is 0 Å². The molecule has 0 aromatic carbocycles. The molecule has 0 saturated heterocycles. The molecule has 3 N–H and O–H groups in total. The molecule has 1 amide bonds. The maximum atomic E-state index is 11.3. The fraction of sp³-hybridized carbons (Fsp3) is 0.667. The fourth-order valence-electron chi connectivity index (χ4n) is 1.73. The normalized spacial score (nSPS) is 11.3. The number of nitrogens with zero attached hydrogens (tertiary/aromatic N) is 3. The highest BCUT2D eigenvalue weighted by Gasteiger charge is 2.11. The summed E-state index contributed by atoms with van der Waals surface area (Å²) in [6, 6.07) is 0. The Hall–Kier alpha value is -1.02. The number of hydrazine groups is 1. The number of hydrogen-bond acceptors (Lipinski definition) is 6. The van der Waals surface area contributed by atoms with Crippen LogP contribution in [0.4, 0.5) is 0 Å². The number of nitrogen functional groups attached to an aromatic ring is 1. The number of rotatable bonds is 8. The van der Waals surface area contributed by atoms with Gasteiger partial charge in [-0.1, -0.05) is 6.92 Å². The van der Waals surface area contributed by atoms with E-state index in [9.17, 15) is 4.79 Å². The summed E-state index contributed by atoms with van der Waals surface area (Å²) in [5.41, 5.74) is 3.02. The lowest BCUT2D eigenvalue weighted by Crippen LogP contribution is -2.30. The molecule has 1 aromatic rings. The van der Waals surface area contributed by atoms with E-state index < -0.39 is 0 Å². The van der Waals surface area contributed by atoms with Gasteiger partial charge in [0.1, 0.15) is 0 Å². The highest BCUT2D eigenvalue weighted by Crippen LogP contribution is 2.11. The highest BCUT2D eigenvalue weighted by atomic mass is 32.1. The van der Waals surface area contributed by atoms with E-state index in [2.05, 4.69) is 41.2 Å². The maximum Gasteiger partial charge on any atom is 0.294 e. The van der Waals surface area contributed by atoms with E-state index in [1.807, 2.05) is 5.38 Å². The van der Waals surface area contributed by atoms with Gasteiger partial charge in [-0.25, -0.2) is 10.8 Å². The van der Waals surface area contributed by atoms with Crippen LogP contribution in [0.15, 0.2) is 5.38 Å². The van der Waals surface area contributed by atoms with Crippen LogP contribution in [0.1, 0.15) is 28.8 Å². The van der Waals surface area contributed by atoms with E-state index in [4.69, 9.17) is 5.84 Å². The zero-order chi connectivity index (χ0) is 14.3. The van der Waals surface area contributed by atoms with E-state index >= 15 is 0 Å². The first-order valence-electron chi connectivity index (χ1n) is 6.39. The van der Waals surface area contributed by atoms with Gasteiger partial charge >= 0.3 is 0 Å². The van der Waals surface area contributed by atoms with Gasteiger partial charge in [0.2, 0.25) is 0 Å². The summed E-state index contributed by atoms with van der Waals surface area (Å²) in [5.74, 6) is 4.76. The number of carbonyl (C=O) groups excluding carboxylic acids is 1. The minimum absolute atomic E-state index is 0.327. The summed E-state index contributed by atoms with van der Waals surface area (Å²) in [6.07, 6.45) is 1.13. The summed E-state index contributed by atoms with van der Waals surface area (Å²) in [4.78, 5) is 20.1. The highest BCUT2D eigenvalue weighted by molar-refractivity contribution is 7.11. The third-order valence-electron chi connectivity index (χ3n) is 2.79. The zero-order valence-corrected chi connectivity index (χ0v) is 12.7. The number of aromatic nitrogens is 1. The standard InChI is InChI=1S/C12H23N5OS/c1-4-17(7-5-6-16(2)3)8-10-9-19-12(14-10)11(18)15-13/h9H,4-8,13H2,1-3H3,(H,15,18). The number of hydrogen-bond donors (Lipinski definition) is 2. The van der Waals surface area contributed by atoms with Crippen molar-refractivity contribution >= 4 is 17.2 Å². The molecule has 1 aromatic heterocycles. The Bertz CT molecular complexity index is 393. The molecular weight excluding hydrogens is 262 g/mol. The number of nitrogens with two attached hydrogens (primary N) is 1. The smallest absolute Gasteiger partial charge is 0.294 e. The van der Waals surface area contributed by atoms with Gasteiger partial charge in [-0.05, 0) is 40.2 Å². The molecule has 0 atom stereocenters. The molecule has 0 bridgehead atoms. The number of nitrogens with one attached hydrogen (secondary N) is 1. The van der Waals surface area contributed by atoms with Gasteiger partial charge in [-0.3, -0.25) is 15.1 Å². The van der Waals surface area contributed by atoms with E-state index in [1.54, 1.807) is 0 Å². The average Bonchev–Trinajstić information content (AvgIpc) is 2.84. The average molecular weight is 285 g/mol. The Labute approximate surface area is 118 Å². The minimum atomic E-state index is -0.327. The summed E-state index contributed by atoms with van der Waals surface area (Å²) in [6.45, 7) is 6.00. The second-order valence-electron chi connectivity index (χ2n) is 4.64. The molecule has 0 spiro atoms. The molecular formula is C12H23N5OS. The van der Waals surface area contributed by atoms with Crippen molar-refractivity contribution in [3.63, 3.8) is 0 Å². The molecule has 0 saturated carbocycles. The Morgan fingerprint density at radius 3 is 2.79 bits per heavy atom. The Morgan fingerprint density at radius 1 is 1.47 bits per heavy atom. The summed E-state index contributed by atoms with van der Waals surface area (Å²) in [5, 5.41) is 2.33. The van der Waals surface area contributed by atoms with Crippen molar-refractivity contribution in [2.45, 2.75) is 19.9 Å². The maximum absolute atomic E-state index is 11.3. The Balaban J connectivity index is 2.46. The molecule has 0 unspecified atom stereocenters. The topological polar surface area (TPSA) is 74.5 Å². The van der Waals surface area contributed by atoms with Crippen molar-refractivity contribution in [1.29, 1.82) is 0 Å². The predicted molar refractivity (Wildman–Crippen MR) is 77.9 cm³/mol. The second kappa shape index (κ2) is 8.21. The van der Waals surface area contributed by atoms with Gasteiger partial charge < -0.3 is 4.90 Å². The van der Waals surface area contributed by atoms with Crippen LogP contribution in [0, 0.1) is 0 Å². The van der Waals surface area contributed by atoms with Gasteiger partial charge in [0, 0.05) is 11.9 Å². The van der Waals surface area contributed by atoms with Crippen LogP contribution in [-0.2, 0) is 6.54 Å². The van der Waals surface area contributed by atoms with E-state index in [0.717, 1.165) is 38.3 Å². The molecule has 0 aliphatic heterocycles. The molecule has 0 aliphatic carbocycles. The van der Waals surface area contributed by atoms with Crippen molar-refractivity contribution in [2.75, 3.05) is 33.7 Å². The van der Waals surface area contributed by atoms with Crippen molar-refractivity contribution < 1.29 is 4.79 Å². The van der Waals surface area contributed by atoms with Gasteiger partial charge in [0.05, 0.1) is 5.69 Å². The molecule has 1 rings (SSSR count). The van der Waals surface area contributed by atoms with E-state index in [0.29, 0.717) is 5.01 Å². The van der Waals surface area contributed by atoms with Crippen LogP contribution in [-0.4, -0.2) is 54.4 Å². The van der Waals surface area contributed by atoms with Gasteiger partial charge in [0.25, 0.3) is 5.91 Å². The molecule has 0 aliphatic rings. The van der Waals surface area contributed by atoms with Crippen LogP contribution in [0.2, 0.25) is 0 Å². The van der Waals surface area contributed by atoms with E-state index in [-0.39, 0.29) is 5.91 Å². The predicted octanol–water partition coefficient (Wildman–Crippen LogP) is 0.520. The first-order valence-corrected chi connectivity index (χ1v) is 7.27. The SMILES string of the molecule is CCN(CCCN(C)C)Cc1csc(C(=O)NN)n1. The summed E-state index contributed by atoms with van der Waals surface area (Å²) >= 11 is 1.33. The monoisotopic (exact) mass is 285 g/mol. The Morgan fingerprint density at radius 2 is 2.21 bits per heavy atom. The molecule has 108 valence electrons. The van der Waals surface area contributed by atoms with Gasteiger partial charge in [-0.15, -0.1) is 11.3 Å². The summed E-state index contributed by atoms with van der Waals surface area (Å²) in [7, 11) is 4.16. The van der Waals surface area contributed by atoms with Crippen LogP contribution >= 0.6 is 11.3 Å². The van der Waals surface area contributed by atoms with Crippen molar-refractivity contribution in [3.8, 4) is 0 Å². The van der Waals surface area contributed by atoms with Crippen molar-refractivity contribution in [1.82, 2.24) is 20.2 Å².